The maximum atomic E-state index is 14.6. The van der Waals surface area contributed by atoms with Crippen LogP contribution >= 0.6 is 0 Å². The van der Waals surface area contributed by atoms with Crippen molar-refractivity contribution in [2.24, 2.45) is 16.9 Å². The van der Waals surface area contributed by atoms with Gasteiger partial charge < -0.3 is 4.74 Å². The molecule has 3 amide bonds. The van der Waals surface area contributed by atoms with E-state index in [2.05, 4.69) is 10.5 Å². The number of nitro groups is 2. The van der Waals surface area contributed by atoms with E-state index in [1.54, 1.807) is 0 Å². The number of nitro benzene ring substituents is 2. The van der Waals surface area contributed by atoms with E-state index in [1.165, 1.54) is 55.8 Å². The molecule has 8 rings (SSSR count). The number of amides is 3. The van der Waals surface area contributed by atoms with E-state index < -0.39 is 50.7 Å². The SMILES string of the molecule is COc1cc([N+](=O)[O-])ccc1N1C(=O)[C@H]2C3c4ccccc4C(/C=N\NC(=O)Cc4ccc([N+](=O)[O-])cc4)(c4ccccc43)[C@H]2C1=O. The Morgan fingerprint density at radius 2 is 1.49 bits per heavy atom. The molecule has 1 saturated heterocycles. The maximum absolute atomic E-state index is 14.6. The number of methoxy groups -OCH3 is 1. The number of imide groups is 1. The van der Waals surface area contributed by atoms with Gasteiger partial charge in [0, 0.05) is 30.3 Å². The second kappa shape index (κ2) is 11.0. The van der Waals surface area contributed by atoms with Crippen LogP contribution in [0.3, 0.4) is 0 Å². The number of hydrogen-bond acceptors (Lipinski definition) is 9. The van der Waals surface area contributed by atoms with Crippen LogP contribution in [-0.2, 0) is 26.2 Å². The zero-order chi connectivity index (χ0) is 33.0. The van der Waals surface area contributed by atoms with Gasteiger partial charge in [-0.1, -0.05) is 60.7 Å². The van der Waals surface area contributed by atoms with Crippen molar-refractivity contribution in [3.05, 3.63) is 139 Å². The lowest BCUT2D eigenvalue weighted by Gasteiger charge is -2.52. The van der Waals surface area contributed by atoms with Crippen molar-refractivity contribution in [3.8, 4) is 5.75 Å². The van der Waals surface area contributed by atoms with Gasteiger partial charge >= 0.3 is 0 Å². The summed E-state index contributed by atoms with van der Waals surface area (Å²) < 4.78 is 5.42. The van der Waals surface area contributed by atoms with E-state index in [0.717, 1.165) is 27.2 Å². The number of ether oxygens (including phenoxy) is 1. The van der Waals surface area contributed by atoms with Crippen molar-refractivity contribution in [2.45, 2.75) is 17.8 Å². The smallest absolute Gasteiger partial charge is 0.273 e. The summed E-state index contributed by atoms with van der Waals surface area (Å²) in [6.07, 6.45) is 1.42. The molecule has 0 saturated carbocycles. The number of non-ortho nitro benzene ring substituents is 2. The fourth-order valence-corrected chi connectivity index (χ4v) is 7.42. The Bertz CT molecular complexity index is 1990. The molecule has 3 aliphatic carbocycles. The number of rotatable bonds is 8. The van der Waals surface area contributed by atoms with Crippen molar-refractivity contribution in [2.75, 3.05) is 12.0 Å². The first-order chi connectivity index (χ1) is 22.7. The zero-order valence-corrected chi connectivity index (χ0v) is 24.7. The van der Waals surface area contributed by atoms with Gasteiger partial charge in [0.2, 0.25) is 17.7 Å². The van der Waals surface area contributed by atoms with Crippen LogP contribution in [0.15, 0.2) is 96.1 Å². The van der Waals surface area contributed by atoms with Gasteiger partial charge in [-0.05, 0) is 33.9 Å². The van der Waals surface area contributed by atoms with Crippen molar-refractivity contribution in [1.82, 2.24) is 5.43 Å². The molecule has 13 heteroatoms. The molecular weight excluding hydrogens is 606 g/mol. The van der Waals surface area contributed by atoms with E-state index in [0.29, 0.717) is 5.56 Å². The standard InChI is InChI=1S/C34H25N5O8/c1-47-27-17-21(39(45)46)14-15-26(27)37-32(41)30-29-22-6-2-4-8-24(22)34(31(30)33(37)42,25-9-5-3-7-23(25)29)18-35-36-28(40)16-19-10-12-20(13-11-19)38(43)44/h2-15,17-18,29-31H,16H2,1H3,(H,36,40)/b35-18-/t29?,30-,31+,34?/m0/s1. The largest absolute Gasteiger partial charge is 0.494 e. The molecule has 2 bridgehead atoms. The molecule has 4 aromatic carbocycles. The van der Waals surface area contributed by atoms with Gasteiger partial charge in [0.05, 0.1) is 52.4 Å². The molecule has 0 unspecified atom stereocenters. The van der Waals surface area contributed by atoms with E-state index in [4.69, 9.17) is 4.74 Å². The highest BCUT2D eigenvalue weighted by atomic mass is 16.6. The van der Waals surface area contributed by atoms with Crippen molar-refractivity contribution >= 4 is 41.0 Å². The molecule has 13 nitrogen and oxygen atoms in total. The van der Waals surface area contributed by atoms with E-state index in [-0.39, 0.29) is 29.2 Å². The van der Waals surface area contributed by atoms with Crippen LogP contribution in [0.25, 0.3) is 0 Å². The fraction of sp³-hybridized carbons (Fsp3) is 0.176. The molecule has 234 valence electrons. The number of hydrazone groups is 1. The highest BCUT2D eigenvalue weighted by Gasteiger charge is 2.68. The number of carbonyl (C=O) groups is 3. The van der Waals surface area contributed by atoms with Crippen LogP contribution in [0.2, 0.25) is 0 Å². The summed E-state index contributed by atoms with van der Waals surface area (Å²) in [7, 11) is 1.31. The summed E-state index contributed by atoms with van der Waals surface area (Å²) in [6.45, 7) is 0. The summed E-state index contributed by atoms with van der Waals surface area (Å²) in [5.41, 5.74) is 4.83. The Morgan fingerprint density at radius 1 is 0.894 bits per heavy atom. The highest BCUT2D eigenvalue weighted by Crippen LogP contribution is 2.64. The summed E-state index contributed by atoms with van der Waals surface area (Å²) in [5, 5.41) is 26.8. The first kappa shape index (κ1) is 29.5. The number of carbonyl (C=O) groups excluding carboxylic acids is 3. The molecule has 0 radical (unpaired) electrons. The molecule has 0 aromatic heterocycles. The number of hydrogen-bond donors (Lipinski definition) is 1. The van der Waals surface area contributed by atoms with Crippen molar-refractivity contribution < 1.29 is 29.0 Å². The molecule has 1 heterocycles. The molecule has 4 aromatic rings. The van der Waals surface area contributed by atoms with Crippen LogP contribution in [0.1, 0.15) is 33.7 Å². The van der Waals surface area contributed by atoms with Gasteiger partial charge in [-0.25, -0.2) is 10.3 Å². The first-order valence-electron chi connectivity index (χ1n) is 14.6. The Hall–Kier alpha value is -6.24. The number of anilines is 1. The van der Waals surface area contributed by atoms with Gasteiger partial charge in [0.25, 0.3) is 11.4 Å². The lowest BCUT2D eigenvalue weighted by molar-refractivity contribution is -0.385. The van der Waals surface area contributed by atoms with E-state index >= 15 is 0 Å². The first-order valence-corrected chi connectivity index (χ1v) is 14.6. The van der Waals surface area contributed by atoms with Gasteiger partial charge in [0.1, 0.15) is 5.75 Å². The third kappa shape index (κ3) is 4.38. The van der Waals surface area contributed by atoms with E-state index in [1.807, 2.05) is 48.5 Å². The lowest BCUT2D eigenvalue weighted by Crippen LogP contribution is -2.54. The van der Waals surface area contributed by atoms with Crippen LogP contribution in [0.4, 0.5) is 17.1 Å². The van der Waals surface area contributed by atoms with Crippen LogP contribution in [0, 0.1) is 32.1 Å². The van der Waals surface area contributed by atoms with Gasteiger partial charge in [-0.3, -0.25) is 34.6 Å². The Labute approximate surface area is 266 Å². The Kier molecular flexibility index (Phi) is 6.88. The summed E-state index contributed by atoms with van der Waals surface area (Å²) in [6, 6.07) is 24.4. The molecule has 1 fully saturated rings. The summed E-state index contributed by atoms with van der Waals surface area (Å²) in [5.74, 6) is -3.73. The molecule has 47 heavy (non-hydrogen) atoms. The average molecular weight is 632 g/mol. The number of nitrogens with one attached hydrogen (secondary N) is 1. The average Bonchev–Trinajstić information content (AvgIpc) is 3.34. The Morgan fingerprint density at radius 3 is 2.09 bits per heavy atom. The Balaban J connectivity index is 1.31. The second-order valence-electron chi connectivity index (χ2n) is 11.5. The molecule has 4 aliphatic rings. The summed E-state index contributed by atoms with van der Waals surface area (Å²) in [4.78, 5) is 64.3. The van der Waals surface area contributed by atoms with Gasteiger partial charge in [0.15, 0.2) is 0 Å². The van der Waals surface area contributed by atoms with Gasteiger partial charge in [-0.15, -0.1) is 0 Å². The maximum Gasteiger partial charge on any atom is 0.273 e. The predicted molar refractivity (Wildman–Crippen MR) is 168 cm³/mol. The van der Waals surface area contributed by atoms with Crippen molar-refractivity contribution in [3.63, 3.8) is 0 Å². The second-order valence-corrected chi connectivity index (χ2v) is 11.5. The molecule has 1 N–H and O–H groups in total. The predicted octanol–water partition coefficient (Wildman–Crippen LogP) is 4.41. The fourth-order valence-electron chi connectivity index (χ4n) is 7.42. The minimum atomic E-state index is -1.26. The molecule has 2 atom stereocenters. The normalized spacial score (nSPS) is 22.1. The third-order valence-electron chi connectivity index (χ3n) is 9.27. The molecule has 1 aliphatic heterocycles. The van der Waals surface area contributed by atoms with Crippen LogP contribution in [0.5, 0.6) is 5.75 Å². The zero-order valence-electron chi connectivity index (χ0n) is 24.7. The lowest BCUT2D eigenvalue weighted by atomic mass is 9.47. The highest BCUT2D eigenvalue weighted by molar-refractivity contribution is 6.25. The quantitative estimate of drug-likeness (QED) is 0.129. The number of benzene rings is 4. The minimum Gasteiger partial charge on any atom is -0.494 e. The number of nitrogens with zero attached hydrogens (tertiary/aromatic N) is 4. The van der Waals surface area contributed by atoms with E-state index in [9.17, 15) is 34.6 Å². The monoisotopic (exact) mass is 631 g/mol. The van der Waals surface area contributed by atoms with Crippen molar-refractivity contribution in [1.29, 1.82) is 0 Å². The van der Waals surface area contributed by atoms with Crippen LogP contribution in [-0.4, -0.2) is 40.9 Å². The summed E-state index contributed by atoms with van der Waals surface area (Å²) >= 11 is 0. The van der Waals surface area contributed by atoms with Crippen LogP contribution < -0.4 is 15.1 Å². The molecule has 0 spiro atoms. The molecular formula is C34H25N5O8. The minimum absolute atomic E-state index is 0.00291. The topological polar surface area (TPSA) is 174 Å². The third-order valence-corrected chi connectivity index (χ3v) is 9.27. The van der Waals surface area contributed by atoms with Gasteiger partial charge in [-0.2, -0.15) is 5.10 Å².